The number of ether oxygens (including phenoxy) is 3. The molecule has 0 radical (unpaired) electrons. The zero-order valence-corrected chi connectivity index (χ0v) is 20.0. The third-order valence-corrected chi connectivity index (χ3v) is 5.46. The van der Waals surface area contributed by atoms with Crippen LogP contribution in [0.5, 0.6) is 0 Å². The van der Waals surface area contributed by atoms with Crippen LogP contribution in [0, 0.1) is 0 Å². The number of unbranched alkanes of at least 4 members (excludes halogenated alkanes) is 12. The highest BCUT2D eigenvalue weighted by atomic mass is 16.6. The summed E-state index contributed by atoms with van der Waals surface area (Å²) in [6, 6.07) is 10.1. The molecule has 0 fully saturated rings. The number of rotatable bonds is 22. The lowest BCUT2D eigenvalue weighted by molar-refractivity contribution is -0.145. The second-order valence-electron chi connectivity index (χ2n) is 8.36. The molecule has 178 valence electrons. The number of esters is 1. The summed E-state index contributed by atoms with van der Waals surface area (Å²) in [5.41, 5.74) is 1.16. The van der Waals surface area contributed by atoms with E-state index in [0.717, 1.165) is 18.4 Å². The molecule has 0 spiro atoms. The van der Waals surface area contributed by atoms with E-state index in [-0.39, 0.29) is 5.97 Å². The van der Waals surface area contributed by atoms with E-state index in [1.807, 2.05) is 30.3 Å². The zero-order chi connectivity index (χ0) is 22.2. The first-order valence-electron chi connectivity index (χ1n) is 12.7. The number of carbonyl (C=O) groups excluding carboxylic acids is 1. The second-order valence-corrected chi connectivity index (χ2v) is 8.36. The summed E-state index contributed by atoms with van der Waals surface area (Å²) < 4.78 is 16.2. The molecule has 1 rings (SSSR count). The number of carbonyl (C=O) groups is 1. The lowest BCUT2D eigenvalue weighted by Crippen LogP contribution is -2.12. The molecule has 0 aromatic heterocycles. The van der Waals surface area contributed by atoms with Crippen molar-refractivity contribution in [3.8, 4) is 0 Å². The van der Waals surface area contributed by atoms with E-state index in [1.54, 1.807) is 0 Å². The maximum atomic E-state index is 11.7. The average Bonchev–Trinajstić information content (AvgIpc) is 2.79. The molecule has 0 heterocycles. The first kappa shape index (κ1) is 27.6. The molecular weight excluding hydrogens is 388 g/mol. The fraction of sp³-hybridized carbons (Fsp3) is 0.741. The molecule has 0 unspecified atom stereocenters. The topological polar surface area (TPSA) is 44.8 Å². The van der Waals surface area contributed by atoms with Crippen molar-refractivity contribution in [1.82, 2.24) is 0 Å². The van der Waals surface area contributed by atoms with E-state index in [9.17, 15) is 4.79 Å². The van der Waals surface area contributed by atoms with Gasteiger partial charge in [0.2, 0.25) is 0 Å². The molecule has 1 aromatic rings. The predicted octanol–water partition coefficient (Wildman–Crippen LogP) is 7.24. The number of hydrogen-bond donors (Lipinski definition) is 0. The van der Waals surface area contributed by atoms with Crippen LogP contribution in [0.4, 0.5) is 0 Å². The van der Waals surface area contributed by atoms with Crippen LogP contribution in [-0.2, 0) is 25.6 Å². The Hall–Kier alpha value is -1.39. The zero-order valence-electron chi connectivity index (χ0n) is 20.0. The first-order chi connectivity index (χ1) is 15.3. The van der Waals surface area contributed by atoms with Crippen LogP contribution in [0.25, 0.3) is 0 Å². The highest BCUT2D eigenvalue weighted by Crippen LogP contribution is 2.13. The Bertz CT molecular complexity index is 503. The van der Waals surface area contributed by atoms with Crippen LogP contribution in [0.1, 0.15) is 102 Å². The molecule has 1 aromatic carbocycles. The van der Waals surface area contributed by atoms with Crippen molar-refractivity contribution in [2.45, 2.75) is 103 Å². The molecule has 0 saturated heterocycles. The van der Waals surface area contributed by atoms with E-state index in [4.69, 9.17) is 14.2 Å². The van der Waals surface area contributed by atoms with Crippen molar-refractivity contribution >= 4 is 5.97 Å². The summed E-state index contributed by atoms with van der Waals surface area (Å²) in [7, 11) is 0. The highest BCUT2D eigenvalue weighted by Gasteiger charge is 2.02. The lowest BCUT2D eigenvalue weighted by atomic mass is 10.0. The van der Waals surface area contributed by atoms with Gasteiger partial charge in [-0.2, -0.15) is 0 Å². The monoisotopic (exact) mass is 434 g/mol. The first-order valence-corrected chi connectivity index (χ1v) is 12.7. The Kier molecular flexibility index (Phi) is 19.5. The van der Waals surface area contributed by atoms with E-state index in [2.05, 4.69) is 6.92 Å². The summed E-state index contributed by atoms with van der Waals surface area (Å²) in [6.45, 7) is 4.68. The minimum absolute atomic E-state index is 0.105. The Morgan fingerprint density at radius 2 is 1.16 bits per heavy atom. The Morgan fingerprint density at radius 3 is 1.77 bits per heavy atom. The van der Waals surface area contributed by atoms with Crippen molar-refractivity contribution in [3.05, 3.63) is 35.9 Å². The molecule has 0 atom stereocenters. The van der Waals surface area contributed by atoms with Crippen LogP contribution in [0.3, 0.4) is 0 Å². The predicted molar refractivity (Wildman–Crippen MR) is 128 cm³/mol. The molecule has 0 aliphatic carbocycles. The molecule has 4 nitrogen and oxygen atoms in total. The van der Waals surface area contributed by atoms with Crippen molar-refractivity contribution in [1.29, 1.82) is 0 Å². The van der Waals surface area contributed by atoms with E-state index >= 15 is 0 Å². The van der Waals surface area contributed by atoms with Crippen molar-refractivity contribution in [3.63, 3.8) is 0 Å². The van der Waals surface area contributed by atoms with Crippen LogP contribution in [-0.4, -0.2) is 32.4 Å². The van der Waals surface area contributed by atoms with Crippen LogP contribution < -0.4 is 0 Å². The van der Waals surface area contributed by atoms with Crippen molar-refractivity contribution < 1.29 is 19.0 Å². The molecule has 0 saturated carbocycles. The Morgan fingerprint density at radius 1 is 0.645 bits per heavy atom. The fourth-order valence-corrected chi connectivity index (χ4v) is 3.56. The molecule has 0 aliphatic rings. The molecule has 0 amide bonds. The van der Waals surface area contributed by atoms with Gasteiger partial charge in [-0.05, 0) is 12.0 Å². The van der Waals surface area contributed by atoms with Gasteiger partial charge in [-0.1, -0.05) is 114 Å². The fourth-order valence-electron chi connectivity index (χ4n) is 3.56. The summed E-state index contributed by atoms with van der Waals surface area (Å²) >= 11 is 0. The van der Waals surface area contributed by atoms with Gasteiger partial charge in [-0.15, -0.1) is 0 Å². The van der Waals surface area contributed by atoms with Gasteiger partial charge in [-0.3, -0.25) is 4.79 Å². The summed E-state index contributed by atoms with van der Waals surface area (Å²) in [4.78, 5) is 11.7. The minimum Gasteiger partial charge on any atom is -0.463 e. The third kappa shape index (κ3) is 19.1. The summed E-state index contributed by atoms with van der Waals surface area (Å²) in [5, 5.41) is 0. The minimum atomic E-state index is -0.105. The normalized spacial score (nSPS) is 11.0. The van der Waals surface area contributed by atoms with Gasteiger partial charge in [0, 0.05) is 6.42 Å². The van der Waals surface area contributed by atoms with E-state index in [0.29, 0.717) is 39.5 Å². The van der Waals surface area contributed by atoms with Gasteiger partial charge in [0.15, 0.2) is 0 Å². The molecule has 0 aliphatic heterocycles. The van der Waals surface area contributed by atoms with Crippen molar-refractivity contribution in [2.24, 2.45) is 0 Å². The summed E-state index contributed by atoms with van der Waals surface area (Å²) in [5.74, 6) is -0.105. The van der Waals surface area contributed by atoms with Crippen LogP contribution in [0.15, 0.2) is 30.3 Å². The second kappa shape index (κ2) is 21.8. The lowest BCUT2D eigenvalue weighted by Gasteiger charge is -2.07. The van der Waals surface area contributed by atoms with Gasteiger partial charge < -0.3 is 14.2 Å². The smallest absolute Gasteiger partial charge is 0.305 e. The van der Waals surface area contributed by atoms with Gasteiger partial charge in [0.25, 0.3) is 0 Å². The largest absolute Gasteiger partial charge is 0.463 e. The molecule has 4 heteroatoms. The molecular formula is C27H46O4. The maximum absolute atomic E-state index is 11.7. The standard InChI is InChI=1S/C27H46O4/c1-2-3-4-5-6-7-8-9-10-11-12-13-17-20-27(28)31-24-23-29-21-22-30-25-26-18-15-14-16-19-26/h14-16,18-19H,2-13,17,20-25H2,1H3. The van der Waals surface area contributed by atoms with Crippen molar-refractivity contribution in [2.75, 3.05) is 26.4 Å². The molecule has 0 N–H and O–H groups in total. The number of benzene rings is 1. The van der Waals surface area contributed by atoms with E-state index in [1.165, 1.54) is 70.6 Å². The third-order valence-electron chi connectivity index (χ3n) is 5.46. The average molecular weight is 435 g/mol. The molecule has 31 heavy (non-hydrogen) atoms. The Balaban J connectivity index is 1.74. The maximum Gasteiger partial charge on any atom is 0.305 e. The quantitative estimate of drug-likeness (QED) is 0.142. The van der Waals surface area contributed by atoms with Gasteiger partial charge in [-0.25, -0.2) is 0 Å². The highest BCUT2D eigenvalue weighted by molar-refractivity contribution is 5.69. The SMILES string of the molecule is CCCCCCCCCCCCCCCC(=O)OCCOCCOCc1ccccc1. The summed E-state index contributed by atoms with van der Waals surface area (Å²) in [6.07, 6.45) is 17.6. The Labute approximate surface area is 191 Å². The van der Waals surface area contributed by atoms with Gasteiger partial charge >= 0.3 is 5.97 Å². The van der Waals surface area contributed by atoms with Crippen LogP contribution >= 0.6 is 0 Å². The molecule has 0 bridgehead atoms. The van der Waals surface area contributed by atoms with Gasteiger partial charge in [0.1, 0.15) is 6.61 Å². The van der Waals surface area contributed by atoms with Crippen LogP contribution in [0.2, 0.25) is 0 Å². The number of hydrogen-bond acceptors (Lipinski definition) is 4. The van der Waals surface area contributed by atoms with E-state index < -0.39 is 0 Å². The van der Waals surface area contributed by atoms with Gasteiger partial charge in [0.05, 0.1) is 26.4 Å².